The summed E-state index contributed by atoms with van der Waals surface area (Å²) in [6, 6.07) is 17.0. The molecule has 20 heavy (non-hydrogen) atoms. The van der Waals surface area contributed by atoms with Crippen molar-refractivity contribution in [1.29, 1.82) is 0 Å². The molecule has 100 valence electrons. The summed E-state index contributed by atoms with van der Waals surface area (Å²) in [7, 11) is 0. The summed E-state index contributed by atoms with van der Waals surface area (Å²) >= 11 is 3.55. The van der Waals surface area contributed by atoms with Gasteiger partial charge in [-0.05, 0) is 42.7 Å². The second kappa shape index (κ2) is 4.74. The fourth-order valence-corrected chi connectivity index (χ4v) is 3.18. The van der Waals surface area contributed by atoms with E-state index in [0.717, 1.165) is 16.5 Å². The summed E-state index contributed by atoms with van der Waals surface area (Å²) in [5.41, 5.74) is 3.67. The number of halogens is 1. The van der Waals surface area contributed by atoms with E-state index in [9.17, 15) is 0 Å². The van der Waals surface area contributed by atoms with E-state index in [4.69, 9.17) is 4.98 Å². The van der Waals surface area contributed by atoms with E-state index < -0.39 is 0 Å². The van der Waals surface area contributed by atoms with Gasteiger partial charge in [-0.2, -0.15) is 0 Å². The van der Waals surface area contributed by atoms with Crippen LogP contribution in [-0.4, -0.2) is 9.55 Å². The molecule has 0 aliphatic heterocycles. The molecule has 1 fully saturated rings. The smallest absolute Gasteiger partial charge is 0.113 e. The quantitative estimate of drug-likeness (QED) is 0.680. The highest BCUT2D eigenvalue weighted by Gasteiger charge is 2.29. The highest BCUT2D eigenvalue weighted by Crippen LogP contribution is 2.40. The van der Waals surface area contributed by atoms with Crippen LogP contribution in [0.1, 0.15) is 30.1 Å². The van der Waals surface area contributed by atoms with Crippen molar-refractivity contribution in [3.05, 3.63) is 64.4 Å². The normalized spacial score (nSPS) is 14.8. The van der Waals surface area contributed by atoms with Crippen molar-refractivity contribution in [2.75, 3.05) is 0 Å². The fourth-order valence-electron chi connectivity index (χ4n) is 2.73. The first-order valence-corrected chi connectivity index (χ1v) is 7.80. The highest BCUT2D eigenvalue weighted by molar-refractivity contribution is 9.10. The number of para-hydroxylation sites is 2. The Labute approximate surface area is 126 Å². The summed E-state index contributed by atoms with van der Waals surface area (Å²) in [6.07, 6.45) is 2.56. The molecule has 1 heterocycles. The zero-order valence-electron chi connectivity index (χ0n) is 11.1. The Morgan fingerprint density at radius 2 is 1.95 bits per heavy atom. The Kier molecular flexibility index (Phi) is 2.88. The van der Waals surface area contributed by atoms with Crippen LogP contribution in [0.3, 0.4) is 0 Å². The van der Waals surface area contributed by atoms with E-state index in [-0.39, 0.29) is 0 Å². The van der Waals surface area contributed by atoms with Crippen molar-refractivity contribution in [2.45, 2.75) is 25.3 Å². The van der Waals surface area contributed by atoms with Gasteiger partial charge in [0.05, 0.1) is 11.0 Å². The van der Waals surface area contributed by atoms with E-state index in [1.165, 1.54) is 29.7 Å². The van der Waals surface area contributed by atoms with Crippen molar-refractivity contribution < 1.29 is 0 Å². The van der Waals surface area contributed by atoms with E-state index in [1.54, 1.807) is 0 Å². The molecule has 0 unspecified atom stereocenters. The lowest BCUT2D eigenvalue weighted by atomic mass is 10.2. The number of nitrogens with zero attached hydrogens (tertiary/aromatic N) is 2. The lowest BCUT2D eigenvalue weighted by Gasteiger charge is -2.09. The molecule has 0 spiro atoms. The molecule has 0 amide bonds. The third kappa shape index (κ3) is 2.16. The number of imidazole rings is 1. The zero-order valence-corrected chi connectivity index (χ0v) is 12.7. The summed E-state index contributed by atoms with van der Waals surface area (Å²) in [5.74, 6) is 1.92. The zero-order chi connectivity index (χ0) is 13.5. The molecule has 2 nitrogen and oxygen atoms in total. The predicted octanol–water partition coefficient (Wildman–Crippen LogP) is 4.72. The van der Waals surface area contributed by atoms with Crippen molar-refractivity contribution in [3.63, 3.8) is 0 Å². The van der Waals surface area contributed by atoms with Gasteiger partial charge in [-0.15, -0.1) is 0 Å². The highest BCUT2D eigenvalue weighted by atomic mass is 79.9. The van der Waals surface area contributed by atoms with Gasteiger partial charge in [0.2, 0.25) is 0 Å². The minimum absolute atomic E-state index is 0.662. The van der Waals surface area contributed by atoms with Gasteiger partial charge in [0.15, 0.2) is 0 Å². The van der Waals surface area contributed by atoms with Crippen LogP contribution in [-0.2, 0) is 6.54 Å². The summed E-state index contributed by atoms with van der Waals surface area (Å²) in [4.78, 5) is 4.84. The van der Waals surface area contributed by atoms with Gasteiger partial charge < -0.3 is 4.57 Å². The van der Waals surface area contributed by atoms with E-state index in [2.05, 4.69) is 69.0 Å². The maximum absolute atomic E-state index is 4.84. The van der Waals surface area contributed by atoms with Gasteiger partial charge in [-0.1, -0.05) is 40.2 Å². The molecular formula is C17H15BrN2. The van der Waals surface area contributed by atoms with Crippen molar-refractivity contribution in [1.82, 2.24) is 9.55 Å². The van der Waals surface area contributed by atoms with Gasteiger partial charge in [-0.25, -0.2) is 4.98 Å². The number of hydrogen-bond acceptors (Lipinski definition) is 1. The molecule has 0 radical (unpaired) electrons. The number of fused-ring (bicyclic) bond motifs is 1. The molecule has 1 aliphatic carbocycles. The number of hydrogen-bond donors (Lipinski definition) is 0. The minimum Gasteiger partial charge on any atom is -0.323 e. The Morgan fingerprint density at radius 3 is 2.75 bits per heavy atom. The molecule has 2 aromatic carbocycles. The van der Waals surface area contributed by atoms with Crippen LogP contribution in [0, 0.1) is 0 Å². The maximum atomic E-state index is 4.84. The summed E-state index contributed by atoms with van der Waals surface area (Å²) in [5, 5.41) is 0. The maximum Gasteiger partial charge on any atom is 0.113 e. The number of rotatable bonds is 3. The molecule has 0 atom stereocenters. The van der Waals surface area contributed by atoms with Crippen LogP contribution in [0.2, 0.25) is 0 Å². The number of aromatic nitrogens is 2. The van der Waals surface area contributed by atoms with Crippen LogP contribution in [0.25, 0.3) is 11.0 Å². The van der Waals surface area contributed by atoms with Crippen LogP contribution < -0.4 is 0 Å². The van der Waals surface area contributed by atoms with Crippen LogP contribution in [0.15, 0.2) is 53.0 Å². The van der Waals surface area contributed by atoms with Crippen LogP contribution in [0.5, 0.6) is 0 Å². The molecule has 0 saturated heterocycles. The first-order valence-electron chi connectivity index (χ1n) is 7.01. The average Bonchev–Trinajstić information content (AvgIpc) is 3.23. The molecule has 1 aromatic heterocycles. The molecule has 3 aromatic rings. The first kappa shape index (κ1) is 12.2. The molecule has 1 saturated carbocycles. The molecular weight excluding hydrogens is 312 g/mol. The third-order valence-electron chi connectivity index (χ3n) is 3.86. The molecule has 4 rings (SSSR count). The van der Waals surface area contributed by atoms with E-state index in [0.29, 0.717) is 5.92 Å². The van der Waals surface area contributed by atoms with Crippen molar-refractivity contribution >= 4 is 27.0 Å². The molecule has 3 heteroatoms. The lowest BCUT2D eigenvalue weighted by molar-refractivity contribution is 0.746. The Balaban J connectivity index is 1.83. The first-order chi connectivity index (χ1) is 9.81. The summed E-state index contributed by atoms with van der Waals surface area (Å²) < 4.78 is 3.52. The van der Waals surface area contributed by atoms with Gasteiger partial charge >= 0.3 is 0 Å². The van der Waals surface area contributed by atoms with Crippen LogP contribution in [0.4, 0.5) is 0 Å². The van der Waals surface area contributed by atoms with E-state index >= 15 is 0 Å². The van der Waals surface area contributed by atoms with Crippen LogP contribution >= 0.6 is 15.9 Å². The molecule has 1 aliphatic rings. The second-order valence-corrected chi connectivity index (χ2v) is 6.36. The monoisotopic (exact) mass is 326 g/mol. The Hall–Kier alpha value is -1.61. The predicted molar refractivity (Wildman–Crippen MR) is 85.0 cm³/mol. The van der Waals surface area contributed by atoms with Gasteiger partial charge in [-0.3, -0.25) is 0 Å². The topological polar surface area (TPSA) is 17.8 Å². The SMILES string of the molecule is Brc1cccc(Cn2c(C3CC3)nc3ccccc32)c1. The molecule has 0 N–H and O–H groups in total. The average molecular weight is 327 g/mol. The van der Waals surface area contributed by atoms with Crippen molar-refractivity contribution in [2.24, 2.45) is 0 Å². The summed E-state index contributed by atoms with van der Waals surface area (Å²) in [6.45, 7) is 0.895. The standard InChI is InChI=1S/C17H15BrN2/c18-14-5-3-4-12(10-14)11-20-16-7-2-1-6-15(16)19-17(20)13-8-9-13/h1-7,10,13H,8-9,11H2. The number of benzene rings is 2. The molecule has 0 bridgehead atoms. The lowest BCUT2D eigenvalue weighted by Crippen LogP contribution is -2.04. The Bertz CT molecular complexity index is 772. The minimum atomic E-state index is 0.662. The van der Waals surface area contributed by atoms with Gasteiger partial charge in [0.25, 0.3) is 0 Å². The second-order valence-electron chi connectivity index (χ2n) is 5.45. The van der Waals surface area contributed by atoms with Crippen molar-refractivity contribution in [3.8, 4) is 0 Å². The van der Waals surface area contributed by atoms with Gasteiger partial charge in [0.1, 0.15) is 5.82 Å². The largest absolute Gasteiger partial charge is 0.323 e. The van der Waals surface area contributed by atoms with Gasteiger partial charge in [0, 0.05) is 16.9 Å². The third-order valence-corrected chi connectivity index (χ3v) is 4.35. The Morgan fingerprint density at radius 1 is 1.10 bits per heavy atom. The fraction of sp³-hybridized carbons (Fsp3) is 0.235. The van der Waals surface area contributed by atoms with E-state index in [1.807, 2.05) is 0 Å².